The van der Waals surface area contributed by atoms with Crippen molar-refractivity contribution in [2.45, 2.75) is 64.2 Å². The van der Waals surface area contributed by atoms with Crippen LogP contribution in [-0.4, -0.2) is 79.6 Å². The Bertz CT molecular complexity index is 1420. The molecular weight excluding hydrogens is 562 g/mol. The van der Waals surface area contributed by atoms with E-state index in [0.717, 1.165) is 73.3 Å². The number of piperidine rings is 1. The largest absolute Gasteiger partial charge is 0.488 e. The summed E-state index contributed by atoms with van der Waals surface area (Å²) in [4.78, 5) is 21.4. The molecule has 1 aromatic heterocycles. The Morgan fingerprint density at radius 2 is 1.98 bits per heavy atom. The molecule has 9 heteroatoms. The highest BCUT2D eigenvalue weighted by molar-refractivity contribution is 7.14. The molecule has 0 radical (unpaired) electrons. The maximum absolute atomic E-state index is 11.6. The van der Waals surface area contributed by atoms with E-state index in [9.17, 15) is 9.90 Å². The van der Waals surface area contributed by atoms with Gasteiger partial charge >= 0.3 is 5.97 Å². The lowest BCUT2D eigenvalue weighted by Gasteiger charge is -2.35. The SMILES string of the molecule is CO[C@@H]1CN(c2nc(-c3cccc(C)c3OCc3ccc4c(c3)[C@H](C)CN(C3CCOCC3)CC4)cs2)CC[C@@H]1C(=O)O. The second-order valence-electron chi connectivity index (χ2n) is 12.2. The van der Waals surface area contributed by atoms with Crippen molar-refractivity contribution >= 4 is 22.4 Å². The minimum atomic E-state index is -0.797. The lowest BCUT2D eigenvalue weighted by atomic mass is 9.93. The number of aryl methyl sites for hydroxylation is 1. The molecule has 3 aliphatic heterocycles. The first-order valence-electron chi connectivity index (χ1n) is 15.5. The van der Waals surface area contributed by atoms with Crippen LogP contribution in [0, 0.1) is 12.8 Å². The highest BCUT2D eigenvalue weighted by Gasteiger charge is 2.35. The monoisotopic (exact) mass is 605 g/mol. The van der Waals surface area contributed by atoms with Crippen molar-refractivity contribution in [1.82, 2.24) is 9.88 Å². The second-order valence-corrected chi connectivity index (χ2v) is 13.1. The number of carbonyl (C=O) groups is 1. The molecule has 0 spiro atoms. The molecule has 0 bridgehead atoms. The molecule has 2 saturated heterocycles. The topological polar surface area (TPSA) is 84.4 Å². The number of aromatic nitrogens is 1. The summed E-state index contributed by atoms with van der Waals surface area (Å²) in [6.07, 6.45) is 3.54. The summed E-state index contributed by atoms with van der Waals surface area (Å²) in [6, 6.07) is 13.7. The van der Waals surface area contributed by atoms with Crippen LogP contribution in [-0.2, 0) is 27.3 Å². The molecule has 8 nitrogen and oxygen atoms in total. The summed E-state index contributed by atoms with van der Waals surface area (Å²) in [7, 11) is 1.58. The van der Waals surface area contributed by atoms with Gasteiger partial charge in [0.05, 0.1) is 17.7 Å². The molecule has 43 heavy (non-hydrogen) atoms. The predicted molar refractivity (Wildman–Crippen MR) is 169 cm³/mol. The molecule has 0 aliphatic carbocycles. The summed E-state index contributed by atoms with van der Waals surface area (Å²) in [5.74, 6) is 0.0431. The maximum atomic E-state index is 11.6. The second kappa shape index (κ2) is 13.3. The van der Waals surface area contributed by atoms with Crippen LogP contribution >= 0.6 is 11.3 Å². The van der Waals surface area contributed by atoms with E-state index in [4.69, 9.17) is 19.2 Å². The fourth-order valence-corrected chi connectivity index (χ4v) is 7.82. The minimum absolute atomic E-state index is 0.356. The molecule has 0 saturated carbocycles. The van der Waals surface area contributed by atoms with E-state index in [2.05, 4.69) is 59.4 Å². The average Bonchev–Trinajstić information content (AvgIpc) is 3.46. The minimum Gasteiger partial charge on any atom is -0.488 e. The summed E-state index contributed by atoms with van der Waals surface area (Å²) in [5.41, 5.74) is 7.01. The maximum Gasteiger partial charge on any atom is 0.309 e. The molecule has 6 rings (SSSR count). The van der Waals surface area contributed by atoms with Gasteiger partial charge in [0.2, 0.25) is 0 Å². The summed E-state index contributed by atoms with van der Waals surface area (Å²) >= 11 is 1.58. The zero-order valence-corrected chi connectivity index (χ0v) is 26.3. The Hall–Kier alpha value is -2.98. The van der Waals surface area contributed by atoms with Gasteiger partial charge in [-0.3, -0.25) is 9.69 Å². The van der Waals surface area contributed by atoms with Gasteiger partial charge in [0.1, 0.15) is 12.4 Å². The fraction of sp³-hybridized carbons (Fsp3) is 0.529. The van der Waals surface area contributed by atoms with Crippen LogP contribution in [0.15, 0.2) is 41.8 Å². The third-order valence-electron chi connectivity index (χ3n) is 9.44. The number of anilines is 1. The van der Waals surface area contributed by atoms with Gasteiger partial charge in [0, 0.05) is 63.5 Å². The van der Waals surface area contributed by atoms with Crippen LogP contribution in [0.5, 0.6) is 5.75 Å². The number of aliphatic carboxylic acids is 1. The zero-order chi connectivity index (χ0) is 29.9. The van der Waals surface area contributed by atoms with Crippen molar-refractivity contribution in [3.63, 3.8) is 0 Å². The zero-order valence-electron chi connectivity index (χ0n) is 25.5. The van der Waals surface area contributed by atoms with Gasteiger partial charge in [-0.2, -0.15) is 0 Å². The Balaban J connectivity index is 1.15. The first kappa shape index (κ1) is 30.1. The van der Waals surface area contributed by atoms with E-state index in [1.807, 2.05) is 6.07 Å². The van der Waals surface area contributed by atoms with Gasteiger partial charge in [0.25, 0.3) is 0 Å². The van der Waals surface area contributed by atoms with Crippen LogP contribution in [0.4, 0.5) is 5.13 Å². The molecule has 0 amide bonds. The van der Waals surface area contributed by atoms with Crippen LogP contribution < -0.4 is 9.64 Å². The fourth-order valence-electron chi connectivity index (χ4n) is 6.95. The summed E-state index contributed by atoms with van der Waals surface area (Å²) < 4.78 is 17.7. The third-order valence-corrected chi connectivity index (χ3v) is 10.3. The highest BCUT2D eigenvalue weighted by Crippen LogP contribution is 2.37. The average molecular weight is 606 g/mol. The number of para-hydroxylation sites is 1. The number of nitrogens with zero attached hydrogens (tertiary/aromatic N) is 3. The lowest BCUT2D eigenvalue weighted by Crippen LogP contribution is -2.47. The lowest BCUT2D eigenvalue weighted by molar-refractivity contribution is -0.147. The van der Waals surface area contributed by atoms with Crippen molar-refractivity contribution in [3.05, 3.63) is 64.0 Å². The van der Waals surface area contributed by atoms with Gasteiger partial charge in [0.15, 0.2) is 5.13 Å². The smallest absolute Gasteiger partial charge is 0.309 e. The summed E-state index contributed by atoms with van der Waals surface area (Å²) in [6.45, 7) is 10.1. The molecule has 3 aromatic rings. The number of methoxy groups -OCH3 is 1. The van der Waals surface area contributed by atoms with E-state index in [-0.39, 0.29) is 6.10 Å². The molecule has 230 valence electrons. The number of hydrogen-bond acceptors (Lipinski definition) is 8. The van der Waals surface area contributed by atoms with Crippen molar-refractivity contribution in [1.29, 1.82) is 0 Å². The number of fused-ring (bicyclic) bond motifs is 1. The number of ether oxygens (including phenoxy) is 3. The molecule has 4 heterocycles. The summed E-state index contributed by atoms with van der Waals surface area (Å²) in [5, 5.41) is 12.5. The van der Waals surface area contributed by atoms with Crippen LogP contribution in [0.3, 0.4) is 0 Å². The molecule has 2 aromatic carbocycles. The third kappa shape index (κ3) is 6.60. The first-order valence-corrected chi connectivity index (χ1v) is 16.4. The van der Waals surface area contributed by atoms with Crippen LogP contribution in [0.2, 0.25) is 0 Å². The van der Waals surface area contributed by atoms with E-state index >= 15 is 0 Å². The Kier molecular flexibility index (Phi) is 9.33. The number of benzene rings is 2. The van der Waals surface area contributed by atoms with E-state index in [0.29, 0.717) is 38.1 Å². The number of thiazole rings is 1. The number of carboxylic acids is 1. The number of rotatable bonds is 8. The quantitative estimate of drug-likeness (QED) is 0.347. The van der Waals surface area contributed by atoms with Gasteiger partial charge in [-0.25, -0.2) is 4.98 Å². The van der Waals surface area contributed by atoms with Crippen LogP contribution in [0.1, 0.15) is 54.4 Å². The van der Waals surface area contributed by atoms with E-state index in [1.165, 1.54) is 16.7 Å². The molecular formula is C34H43N3O5S. The Labute approximate surface area is 258 Å². The van der Waals surface area contributed by atoms with Crippen molar-refractivity contribution < 1.29 is 24.1 Å². The number of carboxylic acid groups (broad SMARTS) is 1. The molecule has 0 unspecified atom stereocenters. The Morgan fingerprint density at radius 3 is 2.77 bits per heavy atom. The molecule has 3 aliphatic rings. The molecule has 1 N–H and O–H groups in total. The first-order chi connectivity index (χ1) is 20.9. The van der Waals surface area contributed by atoms with E-state index in [1.54, 1.807) is 18.4 Å². The standard InChI is InChI=1S/C34H43N3O5S/c1-22-5-4-6-27(30-21-43-34(35-30)37-14-10-28(33(38)39)31(19-37)40-3)32(22)42-20-24-7-8-25-9-13-36(18-23(2)29(25)17-24)26-11-15-41-16-12-26/h4-8,17,21,23,26,28,31H,9-16,18-20H2,1-3H3,(H,38,39)/t23-,28+,31-/m1/s1. The predicted octanol–water partition coefficient (Wildman–Crippen LogP) is 5.76. The van der Waals surface area contributed by atoms with Crippen molar-refractivity contribution in [2.75, 3.05) is 51.4 Å². The van der Waals surface area contributed by atoms with Gasteiger partial charge in [-0.05, 0) is 66.8 Å². The van der Waals surface area contributed by atoms with Gasteiger partial charge in [-0.15, -0.1) is 11.3 Å². The number of hydrogen-bond donors (Lipinski definition) is 1. The van der Waals surface area contributed by atoms with Crippen molar-refractivity contribution in [3.8, 4) is 17.0 Å². The van der Waals surface area contributed by atoms with Gasteiger partial charge < -0.3 is 24.2 Å². The van der Waals surface area contributed by atoms with Gasteiger partial charge in [-0.1, -0.05) is 37.3 Å². The molecule has 2 fully saturated rings. The Morgan fingerprint density at radius 1 is 1.14 bits per heavy atom. The van der Waals surface area contributed by atoms with Crippen LogP contribution in [0.25, 0.3) is 11.3 Å². The highest BCUT2D eigenvalue weighted by atomic mass is 32.1. The van der Waals surface area contributed by atoms with Crippen molar-refractivity contribution in [2.24, 2.45) is 5.92 Å². The normalized spacial score (nSPS) is 23.5. The van der Waals surface area contributed by atoms with E-state index < -0.39 is 11.9 Å². The molecule has 3 atom stereocenters.